The number of likely N-dealkylation sites (N-methyl/N-ethyl adjacent to an activating group) is 1. The zero-order chi connectivity index (χ0) is 14.3. The van der Waals surface area contributed by atoms with E-state index in [4.69, 9.17) is 15.7 Å². The lowest BCUT2D eigenvalue weighted by Gasteiger charge is -2.18. The third-order valence-corrected chi connectivity index (χ3v) is 2.38. The lowest BCUT2D eigenvalue weighted by Crippen LogP contribution is -2.37. The maximum atomic E-state index is 11.6. The first-order chi connectivity index (χ1) is 9.08. The fourth-order valence-electron chi connectivity index (χ4n) is 1.50. The van der Waals surface area contributed by atoms with Gasteiger partial charge >= 0.3 is 0 Å². The van der Waals surface area contributed by atoms with Gasteiger partial charge in [-0.25, -0.2) is 4.98 Å². The summed E-state index contributed by atoms with van der Waals surface area (Å²) in [5.41, 5.74) is 6.32. The minimum absolute atomic E-state index is 0.106. The Hall–Kier alpha value is -2.33. The fraction of sp³-hybridized carbons (Fsp3) is 0.417. The number of nitrogen functional groups attached to an aromatic ring is 1. The molecule has 0 unspecified atom stereocenters. The molecule has 0 aliphatic carbocycles. The molecule has 19 heavy (non-hydrogen) atoms. The van der Waals surface area contributed by atoms with Crippen molar-refractivity contribution in [3.05, 3.63) is 17.8 Å². The quantitative estimate of drug-likeness (QED) is 0.685. The summed E-state index contributed by atoms with van der Waals surface area (Å²) in [5.74, 6) is 0.264. The van der Waals surface area contributed by atoms with Crippen molar-refractivity contribution in [1.82, 2.24) is 10.3 Å². The summed E-state index contributed by atoms with van der Waals surface area (Å²) in [6, 6.07) is 3.54. The first-order valence-corrected chi connectivity index (χ1v) is 5.71. The van der Waals surface area contributed by atoms with Crippen LogP contribution in [0, 0.1) is 11.3 Å². The second-order valence-electron chi connectivity index (χ2n) is 3.95. The number of rotatable bonds is 6. The monoisotopic (exact) mass is 263 g/mol. The molecule has 1 amide bonds. The molecule has 0 saturated heterocycles. The number of nitrogens with zero attached hydrogens (tertiary/aromatic N) is 3. The third-order valence-electron chi connectivity index (χ3n) is 2.38. The van der Waals surface area contributed by atoms with Gasteiger partial charge in [0.05, 0.1) is 30.6 Å². The third kappa shape index (κ3) is 4.44. The lowest BCUT2D eigenvalue weighted by molar-refractivity contribution is -0.119. The van der Waals surface area contributed by atoms with E-state index >= 15 is 0 Å². The zero-order valence-electron chi connectivity index (χ0n) is 11.0. The highest BCUT2D eigenvalue weighted by Gasteiger charge is 2.12. The Balaban J connectivity index is 2.65. The molecule has 1 rings (SSSR count). The first-order valence-electron chi connectivity index (χ1n) is 5.71. The number of amides is 1. The highest BCUT2D eigenvalue weighted by Crippen LogP contribution is 2.17. The Morgan fingerprint density at radius 2 is 2.42 bits per heavy atom. The molecule has 0 aromatic carbocycles. The molecule has 0 fully saturated rings. The molecule has 0 aliphatic heterocycles. The number of pyridine rings is 1. The van der Waals surface area contributed by atoms with Crippen LogP contribution in [-0.2, 0) is 9.53 Å². The molecule has 0 bridgehead atoms. The van der Waals surface area contributed by atoms with Crippen LogP contribution in [0.15, 0.2) is 12.3 Å². The summed E-state index contributed by atoms with van der Waals surface area (Å²) in [5, 5.41) is 11.7. The smallest absolute Gasteiger partial charge is 0.239 e. The van der Waals surface area contributed by atoms with Crippen molar-refractivity contribution >= 4 is 17.4 Å². The first kappa shape index (κ1) is 14.7. The molecule has 7 heteroatoms. The molecule has 1 aromatic heterocycles. The second kappa shape index (κ2) is 7.18. The van der Waals surface area contributed by atoms with E-state index in [2.05, 4.69) is 10.3 Å². The van der Waals surface area contributed by atoms with E-state index in [9.17, 15) is 4.79 Å². The van der Waals surface area contributed by atoms with E-state index in [-0.39, 0.29) is 12.5 Å². The number of anilines is 2. The van der Waals surface area contributed by atoms with Gasteiger partial charge in [0.1, 0.15) is 11.9 Å². The van der Waals surface area contributed by atoms with Gasteiger partial charge in [-0.15, -0.1) is 0 Å². The number of carbonyl (C=O) groups excluding carboxylic acids is 1. The predicted octanol–water partition coefficient (Wildman–Crippen LogP) is -0.266. The average molecular weight is 263 g/mol. The number of ether oxygens (including phenoxy) is 1. The van der Waals surface area contributed by atoms with Crippen LogP contribution in [0.3, 0.4) is 0 Å². The van der Waals surface area contributed by atoms with Gasteiger partial charge in [-0.05, 0) is 6.07 Å². The van der Waals surface area contributed by atoms with Crippen LogP contribution in [-0.4, -0.2) is 44.7 Å². The molecule has 0 atom stereocenters. The Morgan fingerprint density at radius 1 is 1.68 bits per heavy atom. The Morgan fingerprint density at radius 3 is 3.05 bits per heavy atom. The van der Waals surface area contributed by atoms with Gasteiger partial charge in [0.2, 0.25) is 5.91 Å². The largest absolute Gasteiger partial charge is 0.397 e. The summed E-state index contributed by atoms with van der Waals surface area (Å²) in [4.78, 5) is 17.3. The second-order valence-corrected chi connectivity index (χ2v) is 3.95. The molecule has 0 radical (unpaired) electrons. The van der Waals surface area contributed by atoms with Crippen LogP contribution < -0.4 is 16.0 Å². The van der Waals surface area contributed by atoms with Crippen LogP contribution in [0.4, 0.5) is 11.5 Å². The molecule has 0 saturated carbocycles. The molecule has 7 nitrogen and oxygen atoms in total. The molecular weight excluding hydrogens is 246 g/mol. The highest BCUT2D eigenvalue weighted by atomic mass is 16.5. The van der Waals surface area contributed by atoms with Crippen molar-refractivity contribution in [3.63, 3.8) is 0 Å². The summed E-state index contributed by atoms with van der Waals surface area (Å²) in [6.07, 6.45) is 1.45. The maximum Gasteiger partial charge on any atom is 0.239 e. The number of methoxy groups -OCH3 is 1. The van der Waals surface area contributed by atoms with Crippen molar-refractivity contribution < 1.29 is 9.53 Å². The van der Waals surface area contributed by atoms with Crippen molar-refractivity contribution in [1.29, 1.82) is 5.26 Å². The predicted molar refractivity (Wildman–Crippen MR) is 71.5 cm³/mol. The number of aromatic nitrogens is 1. The van der Waals surface area contributed by atoms with Gasteiger partial charge in [-0.3, -0.25) is 4.79 Å². The molecule has 102 valence electrons. The van der Waals surface area contributed by atoms with Gasteiger partial charge in [0.25, 0.3) is 0 Å². The number of nitrogens with one attached hydrogen (secondary N) is 1. The van der Waals surface area contributed by atoms with Crippen LogP contribution in [0.25, 0.3) is 0 Å². The normalized spacial score (nSPS) is 9.74. The highest BCUT2D eigenvalue weighted by molar-refractivity contribution is 5.81. The fourth-order valence-corrected chi connectivity index (χ4v) is 1.50. The Labute approximate surface area is 112 Å². The number of carbonyl (C=O) groups is 1. The number of hydrogen-bond acceptors (Lipinski definition) is 6. The Kier molecular flexibility index (Phi) is 5.57. The van der Waals surface area contributed by atoms with Crippen LogP contribution in [0.2, 0.25) is 0 Å². The van der Waals surface area contributed by atoms with E-state index in [1.807, 2.05) is 6.07 Å². The van der Waals surface area contributed by atoms with E-state index in [0.717, 1.165) is 0 Å². The number of nitriles is 1. The minimum atomic E-state index is -0.165. The van der Waals surface area contributed by atoms with E-state index in [1.54, 1.807) is 19.1 Å². The van der Waals surface area contributed by atoms with Crippen molar-refractivity contribution in [2.45, 2.75) is 0 Å². The SMILES string of the molecule is COCCNC(=O)CN(C)c1ncc(N)cc1C#N. The van der Waals surface area contributed by atoms with Gasteiger partial charge in [-0.2, -0.15) is 5.26 Å². The van der Waals surface area contributed by atoms with E-state index in [1.165, 1.54) is 12.3 Å². The summed E-state index contributed by atoms with van der Waals surface area (Å²) >= 11 is 0. The average Bonchev–Trinajstić information content (AvgIpc) is 2.38. The van der Waals surface area contributed by atoms with Gasteiger partial charge in [0, 0.05) is 20.7 Å². The standard InChI is InChI=1S/C12H17N5O2/c1-17(8-11(18)15-3-4-19-2)12-9(6-13)5-10(14)7-16-12/h5,7H,3-4,8,14H2,1-2H3,(H,15,18). The van der Waals surface area contributed by atoms with Crippen molar-refractivity contribution in [3.8, 4) is 6.07 Å². The minimum Gasteiger partial charge on any atom is -0.397 e. The van der Waals surface area contributed by atoms with E-state index < -0.39 is 0 Å². The topological polar surface area (TPSA) is 104 Å². The van der Waals surface area contributed by atoms with Crippen LogP contribution >= 0.6 is 0 Å². The zero-order valence-corrected chi connectivity index (χ0v) is 11.0. The molecule has 1 aromatic rings. The Bertz CT molecular complexity index is 483. The summed E-state index contributed by atoms with van der Waals surface area (Å²) in [6.45, 7) is 1.01. The van der Waals surface area contributed by atoms with Gasteiger partial charge in [-0.1, -0.05) is 0 Å². The lowest BCUT2D eigenvalue weighted by atomic mass is 10.2. The van der Waals surface area contributed by atoms with Crippen LogP contribution in [0.1, 0.15) is 5.56 Å². The summed E-state index contributed by atoms with van der Waals surface area (Å²) < 4.78 is 4.83. The molecule has 3 N–H and O–H groups in total. The van der Waals surface area contributed by atoms with Gasteiger partial charge < -0.3 is 20.7 Å². The number of nitrogens with two attached hydrogens (primary N) is 1. The molecule has 0 spiro atoms. The van der Waals surface area contributed by atoms with Gasteiger partial charge in [0.15, 0.2) is 0 Å². The molecule has 1 heterocycles. The van der Waals surface area contributed by atoms with E-state index in [0.29, 0.717) is 30.2 Å². The maximum absolute atomic E-state index is 11.6. The van der Waals surface area contributed by atoms with Crippen LogP contribution in [0.5, 0.6) is 0 Å². The number of hydrogen-bond donors (Lipinski definition) is 2. The van der Waals surface area contributed by atoms with Crippen molar-refractivity contribution in [2.75, 3.05) is 44.5 Å². The summed E-state index contributed by atoms with van der Waals surface area (Å²) in [7, 11) is 3.25. The van der Waals surface area contributed by atoms with Crippen molar-refractivity contribution in [2.24, 2.45) is 0 Å². The molecule has 0 aliphatic rings. The molecular formula is C12H17N5O2.